The second-order valence-corrected chi connectivity index (χ2v) is 9.16. The summed E-state index contributed by atoms with van der Waals surface area (Å²) < 4.78 is 7.73. The van der Waals surface area contributed by atoms with Gasteiger partial charge in [0.2, 0.25) is 0 Å². The third kappa shape index (κ3) is 4.63. The monoisotopic (exact) mass is 442 g/mol. The number of aryl methyl sites for hydroxylation is 2. The van der Waals surface area contributed by atoms with Gasteiger partial charge in [-0.3, -0.25) is 4.79 Å². The van der Waals surface area contributed by atoms with E-state index in [2.05, 4.69) is 32.1 Å². The molecule has 1 aliphatic rings. The molecular weight excluding hydrogens is 418 g/mol. The Kier molecular flexibility index (Phi) is 5.64. The molecule has 1 N–H and O–H groups in total. The van der Waals surface area contributed by atoms with Crippen molar-refractivity contribution >= 4 is 45.5 Å². The van der Waals surface area contributed by atoms with Gasteiger partial charge in [0.1, 0.15) is 17.5 Å². The fourth-order valence-electron chi connectivity index (χ4n) is 3.57. The molecule has 30 heavy (non-hydrogen) atoms. The summed E-state index contributed by atoms with van der Waals surface area (Å²) in [6, 6.07) is 5.54. The van der Waals surface area contributed by atoms with E-state index in [1.54, 1.807) is 18.3 Å². The second kappa shape index (κ2) is 8.70. The van der Waals surface area contributed by atoms with Crippen molar-refractivity contribution in [3.63, 3.8) is 0 Å². The number of Topliss-reactive ketones (excluding diaryl/α,β-unsaturated/α-hetero) is 1. The zero-order chi connectivity index (χ0) is 22.1. The highest BCUT2D eigenvalue weighted by Gasteiger charge is 2.21. The quantitative estimate of drug-likeness (QED) is 0.528. The van der Waals surface area contributed by atoms with E-state index < -0.39 is 0 Å². The first kappa shape index (κ1) is 19.5. The Balaban J connectivity index is 1.48. The van der Waals surface area contributed by atoms with Crippen molar-refractivity contribution in [3.05, 3.63) is 57.3 Å². The van der Waals surface area contributed by atoms with Gasteiger partial charge in [0, 0.05) is 30.6 Å². The van der Waals surface area contributed by atoms with Crippen LogP contribution in [0.4, 0.5) is 16.8 Å². The van der Waals surface area contributed by atoms with Crippen molar-refractivity contribution in [2.24, 2.45) is 5.92 Å². The van der Waals surface area contributed by atoms with E-state index in [1.165, 1.54) is 11.3 Å². The van der Waals surface area contributed by atoms with Crippen LogP contribution in [0.1, 0.15) is 41.3 Å². The maximum atomic E-state index is 12.8. The number of anilines is 3. The number of thiazole rings is 1. The van der Waals surface area contributed by atoms with Crippen LogP contribution in [0.15, 0.2) is 30.4 Å². The number of nitrogens with zero attached hydrogens (tertiary/aromatic N) is 4. The summed E-state index contributed by atoms with van der Waals surface area (Å²) in [6.07, 6.45) is 2.92. The summed E-state index contributed by atoms with van der Waals surface area (Å²) in [7, 11) is 0. The first-order valence-corrected chi connectivity index (χ1v) is 11.1. The Morgan fingerprint density at radius 2 is 2.23 bits per heavy atom. The lowest BCUT2D eigenvalue weighted by atomic mass is 10.0. The predicted octanol–water partition coefficient (Wildman–Crippen LogP) is 5.22. The maximum absolute atomic E-state index is 12.8. The third-order valence-electron chi connectivity index (χ3n) is 5.20. The van der Waals surface area contributed by atoms with Gasteiger partial charge in [-0.15, -0.1) is 0 Å². The molecule has 1 saturated heterocycles. The zero-order valence-corrected chi connectivity index (χ0v) is 18.8. The number of halogens is 1. The lowest BCUT2D eigenvalue weighted by Gasteiger charge is -2.18. The van der Waals surface area contributed by atoms with Crippen molar-refractivity contribution in [1.82, 2.24) is 15.0 Å². The summed E-state index contributed by atoms with van der Waals surface area (Å²) in [4.78, 5) is 29.0. The highest BCUT2D eigenvalue weighted by Crippen LogP contribution is 2.28. The molecule has 2 aromatic heterocycles. The molecule has 1 atom stereocenters. The van der Waals surface area contributed by atoms with Crippen LogP contribution in [0.2, 0.25) is 5.02 Å². The SMILES string of the molecule is [2H]c1cc(C)c(CC(=O)c2cnc(Nc3cc(N4CC[C@H](C)C4)nc(C)n3)s2)c(Cl)c1. The molecular formula is C22H24ClN5OS. The summed E-state index contributed by atoms with van der Waals surface area (Å²) in [5, 5.41) is 4.26. The van der Waals surface area contributed by atoms with E-state index in [9.17, 15) is 4.79 Å². The molecule has 0 unspecified atom stereocenters. The van der Waals surface area contributed by atoms with Crippen LogP contribution in [-0.4, -0.2) is 33.8 Å². The minimum atomic E-state index is -0.0566. The molecule has 0 bridgehead atoms. The minimum Gasteiger partial charge on any atom is -0.356 e. The fourth-order valence-corrected chi connectivity index (χ4v) is 4.60. The molecule has 1 fully saturated rings. The van der Waals surface area contributed by atoms with Crippen molar-refractivity contribution in [1.29, 1.82) is 0 Å². The van der Waals surface area contributed by atoms with Gasteiger partial charge in [-0.2, -0.15) is 0 Å². The second-order valence-electron chi connectivity index (χ2n) is 7.72. The molecule has 156 valence electrons. The highest BCUT2D eigenvalue weighted by atomic mass is 35.5. The third-order valence-corrected chi connectivity index (χ3v) is 6.49. The lowest BCUT2D eigenvalue weighted by Crippen LogP contribution is -2.21. The number of rotatable bonds is 6. The first-order chi connectivity index (χ1) is 14.8. The average molecular weight is 443 g/mol. The molecule has 0 saturated carbocycles. The molecule has 0 spiro atoms. The van der Waals surface area contributed by atoms with E-state index in [1.807, 2.05) is 19.9 Å². The normalized spacial score (nSPS) is 16.6. The number of benzene rings is 1. The Bertz CT molecular complexity index is 1110. The van der Waals surface area contributed by atoms with Crippen LogP contribution < -0.4 is 10.2 Å². The lowest BCUT2D eigenvalue weighted by molar-refractivity contribution is 0.0996. The standard InChI is InChI=1S/C22H24ClN5OS/c1-13-7-8-28(12-13)21-10-20(25-15(3)26-21)27-22-24-11-19(30-22)18(29)9-16-14(2)5-4-6-17(16)23/h4-6,10-11,13H,7-9,12H2,1-3H3,(H,24,25,26,27)/t13-/m0/s1/i4D. The molecule has 6 nitrogen and oxygen atoms in total. The van der Waals surface area contributed by atoms with E-state index in [0.717, 1.165) is 36.5 Å². The van der Waals surface area contributed by atoms with Crippen LogP contribution in [0.5, 0.6) is 0 Å². The van der Waals surface area contributed by atoms with Crippen molar-refractivity contribution in [3.8, 4) is 0 Å². The number of ketones is 1. The average Bonchev–Trinajstić information content (AvgIpc) is 3.33. The van der Waals surface area contributed by atoms with Gasteiger partial charge in [-0.25, -0.2) is 15.0 Å². The van der Waals surface area contributed by atoms with Gasteiger partial charge in [0.15, 0.2) is 10.9 Å². The molecule has 8 heteroatoms. The molecule has 3 aromatic rings. The molecule has 3 heterocycles. The van der Waals surface area contributed by atoms with E-state index >= 15 is 0 Å². The molecule has 1 aliphatic heterocycles. The van der Waals surface area contributed by atoms with Crippen LogP contribution in [-0.2, 0) is 6.42 Å². The van der Waals surface area contributed by atoms with Gasteiger partial charge >= 0.3 is 0 Å². The van der Waals surface area contributed by atoms with E-state index in [0.29, 0.717) is 38.6 Å². The van der Waals surface area contributed by atoms with Gasteiger partial charge in [-0.1, -0.05) is 42.0 Å². The predicted molar refractivity (Wildman–Crippen MR) is 122 cm³/mol. The van der Waals surface area contributed by atoms with Crippen LogP contribution in [0.3, 0.4) is 0 Å². The Morgan fingerprint density at radius 1 is 1.40 bits per heavy atom. The Morgan fingerprint density at radius 3 is 2.97 bits per heavy atom. The summed E-state index contributed by atoms with van der Waals surface area (Å²) in [6.45, 7) is 7.98. The van der Waals surface area contributed by atoms with Crippen molar-refractivity contribution in [2.45, 2.75) is 33.6 Å². The van der Waals surface area contributed by atoms with Gasteiger partial charge in [0.25, 0.3) is 0 Å². The molecule has 1 aromatic carbocycles. The fraction of sp³-hybridized carbons (Fsp3) is 0.364. The zero-order valence-electron chi connectivity index (χ0n) is 18.2. The topological polar surface area (TPSA) is 71.0 Å². The number of carbonyl (C=O) groups excluding carboxylic acids is 1. The smallest absolute Gasteiger partial charge is 0.188 e. The molecule has 0 radical (unpaired) electrons. The number of hydrogen-bond donors (Lipinski definition) is 1. The van der Waals surface area contributed by atoms with Crippen LogP contribution in [0, 0.1) is 19.8 Å². The highest BCUT2D eigenvalue weighted by molar-refractivity contribution is 7.17. The number of aromatic nitrogens is 3. The first-order valence-electron chi connectivity index (χ1n) is 10.4. The van der Waals surface area contributed by atoms with Crippen LogP contribution >= 0.6 is 22.9 Å². The largest absolute Gasteiger partial charge is 0.356 e. The minimum absolute atomic E-state index is 0.0566. The summed E-state index contributed by atoms with van der Waals surface area (Å²) in [5.74, 6) is 2.87. The maximum Gasteiger partial charge on any atom is 0.188 e. The molecule has 4 rings (SSSR count). The van der Waals surface area contributed by atoms with Crippen molar-refractivity contribution < 1.29 is 6.17 Å². The Hall–Kier alpha value is -2.51. The number of nitrogens with one attached hydrogen (secondary N) is 1. The van der Waals surface area contributed by atoms with Gasteiger partial charge in [0.05, 0.1) is 12.4 Å². The molecule has 0 amide bonds. The summed E-state index contributed by atoms with van der Waals surface area (Å²) >= 11 is 7.54. The van der Waals surface area contributed by atoms with Gasteiger partial charge < -0.3 is 10.2 Å². The van der Waals surface area contributed by atoms with Gasteiger partial charge in [-0.05, 0) is 43.4 Å². The van der Waals surface area contributed by atoms with E-state index in [-0.39, 0.29) is 12.2 Å². The van der Waals surface area contributed by atoms with E-state index in [4.69, 9.17) is 13.0 Å². The van der Waals surface area contributed by atoms with Crippen molar-refractivity contribution in [2.75, 3.05) is 23.3 Å². The van der Waals surface area contributed by atoms with Crippen LogP contribution in [0.25, 0.3) is 0 Å². The number of hydrogen-bond acceptors (Lipinski definition) is 7. The Labute approximate surface area is 186 Å². The summed E-state index contributed by atoms with van der Waals surface area (Å²) in [5.41, 5.74) is 1.59. The number of carbonyl (C=O) groups is 1. The molecule has 0 aliphatic carbocycles.